The molecule has 0 aromatic carbocycles. The van der Waals surface area contributed by atoms with E-state index in [1.807, 2.05) is 46.8 Å². The molecule has 0 bridgehead atoms. The van der Waals surface area contributed by atoms with Crippen molar-refractivity contribution in [3.8, 4) is 5.75 Å². The second-order valence-corrected chi connectivity index (χ2v) is 2.66. The smallest absolute Gasteiger partial charge is 0.191 e. The molecule has 1 aromatic heterocycles. The molecule has 17 heavy (non-hydrogen) atoms. The summed E-state index contributed by atoms with van der Waals surface area (Å²) in [6, 6.07) is 3.63. The second-order valence-electron chi connectivity index (χ2n) is 2.66. The van der Waals surface area contributed by atoms with Gasteiger partial charge in [0.25, 0.3) is 0 Å². The number of ether oxygens (including phenoxy) is 1. The van der Waals surface area contributed by atoms with Crippen LogP contribution in [0.2, 0.25) is 0 Å². The van der Waals surface area contributed by atoms with Crippen molar-refractivity contribution in [1.29, 1.82) is 0 Å². The number of hydrogen-bond donors (Lipinski definition) is 0. The second kappa shape index (κ2) is 12.4. The maximum Gasteiger partial charge on any atom is 0.191 e. The van der Waals surface area contributed by atoms with Gasteiger partial charge in [-0.2, -0.15) is 0 Å². The van der Waals surface area contributed by atoms with Gasteiger partial charge in [-0.3, -0.25) is 4.98 Å². The Morgan fingerprint density at radius 3 is 2.24 bits per heavy atom. The highest BCUT2D eigenvalue weighted by molar-refractivity contribution is 5.76. The molecule has 1 heterocycles. The Bertz CT molecular complexity index is 318. The van der Waals surface area contributed by atoms with E-state index in [1.165, 1.54) is 0 Å². The summed E-state index contributed by atoms with van der Waals surface area (Å²) < 4.78 is 5.35. The van der Waals surface area contributed by atoms with Crippen LogP contribution in [0.15, 0.2) is 41.8 Å². The molecule has 3 nitrogen and oxygen atoms in total. The van der Waals surface area contributed by atoms with Gasteiger partial charge in [-0.15, -0.1) is 0 Å². The van der Waals surface area contributed by atoms with E-state index in [2.05, 4.69) is 16.6 Å². The summed E-state index contributed by atoms with van der Waals surface area (Å²) in [4.78, 5) is 7.96. The van der Waals surface area contributed by atoms with E-state index in [0.29, 0.717) is 11.6 Å². The zero-order valence-electron chi connectivity index (χ0n) is 11.8. The van der Waals surface area contributed by atoms with Gasteiger partial charge in [-0.1, -0.05) is 34.3 Å². The molecule has 0 amide bonds. The van der Waals surface area contributed by atoms with Crippen LogP contribution in [0, 0.1) is 0 Å². The maximum atomic E-state index is 5.35. The molecule has 0 N–H and O–H groups in total. The molecule has 0 aliphatic rings. The minimum absolute atomic E-state index is 0.570. The van der Waals surface area contributed by atoms with Crippen LogP contribution in [-0.4, -0.2) is 10.9 Å². The molecule has 0 saturated carbocycles. The first-order valence-electron chi connectivity index (χ1n) is 5.97. The van der Waals surface area contributed by atoms with Crippen LogP contribution in [0.1, 0.15) is 41.5 Å². The van der Waals surface area contributed by atoms with Crippen molar-refractivity contribution in [2.75, 3.05) is 0 Å². The molecule has 0 spiro atoms. The molecule has 3 heteroatoms. The van der Waals surface area contributed by atoms with Crippen molar-refractivity contribution < 1.29 is 4.74 Å². The van der Waals surface area contributed by atoms with Crippen molar-refractivity contribution in [1.82, 2.24) is 4.98 Å². The summed E-state index contributed by atoms with van der Waals surface area (Å²) in [5.41, 5.74) is 0.724. The monoisotopic (exact) mass is 236 g/mol. The van der Waals surface area contributed by atoms with Crippen molar-refractivity contribution >= 4 is 5.90 Å². The summed E-state index contributed by atoms with van der Waals surface area (Å²) >= 11 is 0. The molecule has 0 atom stereocenters. The highest BCUT2D eigenvalue weighted by atomic mass is 16.5. The number of nitrogens with zero attached hydrogens (tertiary/aromatic N) is 2. The summed E-state index contributed by atoms with van der Waals surface area (Å²) in [5, 5.41) is 0. The third kappa shape index (κ3) is 10.6. The van der Waals surface area contributed by atoms with Gasteiger partial charge in [0, 0.05) is 18.8 Å². The van der Waals surface area contributed by atoms with Gasteiger partial charge < -0.3 is 4.74 Å². The predicted molar refractivity (Wildman–Crippen MR) is 75.5 cm³/mol. The highest BCUT2D eigenvalue weighted by Crippen LogP contribution is 2.07. The van der Waals surface area contributed by atoms with E-state index >= 15 is 0 Å². The molecule has 0 radical (unpaired) electrons. The van der Waals surface area contributed by atoms with Crippen molar-refractivity contribution in [2.45, 2.75) is 41.5 Å². The quantitative estimate of drug-likeness (QED) is 0.561. The summed E-state index contributed by atoms with van der Waals surface area (Å²) in [5.74, 6) is 1.26. The third-order valence-electron chi connectivity index (χ3n) is 1.25. The van der Waals surface area contributed by atoms with E-state index in [0.717, 1.165) is 5.70 Å². The number of aliphatic imine (C=N–C) groups is 1. The first-order valence-corrected chi connectivity index (χ1v) is 5.97. The molecule has 0 fully saturated rings. The molecule has 0 aliphatic carbocycles. The molecule has 1 rings (SSSR count). The lowest BCUT2D eigenvalue weighted by molar-refractivity contribution is 0.543. The minimum atomic E-state index is 0.570. The summed E-state index contributed by atoms with van der Waals surface area (Å²) in [6.07, 6.45) is 3.33. The van der Waals surface area contributed by atoms with Crippen molar-refractivity contribution in [3.05, 3.63) is 36.8 Å². The fourth-order valence-corrected chi connectivity index (χ4v) is 0.870. The van der Waals surface area contributed by atoms with Crippen LogP contribution >= 0.6 is 0 Å². The van der Waals surface area contributed by atoms with Crippen LogP contribution in [-0.2, 0) is 0 Å². The van der Waals surface area contributed by atoms with Crippen LogP contribution in [0.5, 0.6) is 5.75 Å². The van der Waals surface area contributed by atoms with Gasteiger partial charge in [0.2, 0.25) is 0 Å². The molecule has 0 unspecified atom stereocenters. The lowest BCUT2D eigenvalue weighted by Crippen LogP contribution is -2.02. The SMILES string of the molecule is C=C(C)N=C(C)Oc1cccnc1.CC.CC. The molecule has 96 valence electrons. The number of pyridine rings is 1. The molecular weight excluding hydrogens is 212 g/mol. The Morgan fingerprint density at radius 2 is 1.82 bits per heavy atom. The predicted octanol–water partition coefficient (Wildman–Crippen LogP) is 4.46. The zero-order valence-corrected chi connectivity index (χ0v) is 11.8. The molecular formula is C14H24N2O. The molecule has 0 aliphatic heterocycles. The first-order chi connectivity index (χ1) is 8.18. The number of hydrogen-bond acceptors (Lipinski definition) is 3. The van der Waals surface area contributed by atoms with E-state index in [-0.39, 0.29) is 0 Å². The van der Waals surface area contributed by atoms with Crippen LogP contribution < -0.4 is 4.74 Å². The van der Waals surface area contributed by atoms with E-state index < -0.39 is 0 Å². The number of allylic oxidation sites excluding steroid dienone is 1. The third-order valence-corrected chi connectivity index (χ3v) is 1.25. The van der Waals surface area contributed by atoms with Gasteiger partial charge >= 0.3 is 0 Å². The van der Waals surface area contributed by atoms with Crippen LogP contribution in [0.25, 0.3) is 0 Å². The average molecular weight is 236 g/mol. The van der Waals surface area contributed by atoms with Crippen molar-refractivity contribution in [2.24, 2.45) is 4.99 Å². The average Bonchev–Trinajstić information content (AvgIpc) is 2.34. The fraction of sp³-hybridized carbons (Fsp3) is 0.429. The van der Waals surface area contributed by atoms with E-state index in [9.17, 15) is 0 Å². The normalized spacial score (nSPS) is 9.18. The van der Waals surface area contributed by atoms with Gasteiger partial charge in [-0.05, 0) is 19.1 Å². The standard InChI is InChI=1S/C10H12N2O.2C2H6/c1-8(2)12-9(3)13-10-5-4-6-11-7-10;2*1-2/h4-7H,1H2,2-3H3;2*1-2H3. The largest absolute Gasteiger partial charge is 0.442 e. The van der Waals surface area contributed by atoms with Crippen LogP contribution in [0.3, 0.4) is 0 Å². The zero-order chi connectivity index (χ0) is 13.7. The van der Waals surface area contributed by atoms with E-state index in [1.54, 1.807) is 19.3 Å². The number of rotatable bonds is 2. The minimum Gasteiger partial charge on any atom is -0.442 e. The Balaban J connectivity index is 0. The first kappa shape index (κ1) is 17.7. The highest BCUT2D eigenvalue weighted by Gasteiger charge is 1.94. The fourth-order valence-electron chi connectivity index (χ4n) is 0.870. The summed E-state index contributed by atoms with van der Waals surface area (Å²) in [6.45, 7) is 15.2. The van der Waals surface area contributed by atoms with Crippen LogP contribution in [0.4, 0.5) is 0 Å². The Labute approximate surface area is 105 Å². The van der Waals surface area contributed by atoms with Gasteiger partial charge in [0.05, 0.1) is 6.20 Å². The summed E-state index contributed by atoms with van der Waals surface area (Å²) in [7, 11) is 0. The molecule has 1 aromatic rings. The Hall–Kier alpha value is -1.64. The Morgan fingerprint density at radius 1 is 1.24 bits per heavy atom. The van der Waals surface area contributed by atoms with Crippen molar-refractivity contribution in [3.63, 3.8) is 0 Å². The van der Waals surface area contributed by atoms with Gasteiger partial charge in [-0.25, -0.2) is 4.99 Å². The lowest BCUT2D eigenvalue weighted by Gasteiger charge is -2.02. The molecule has 0 saturated heterocycles. The number of aromatic nitrogens is 1. The van der Waals surface area contributed by atoms with Gasteiger partial charge in [0.1, 0.15) is 5.75 Å². The van der Waals surface area contributed by atoms with Gasteiger partial charge in [0.15, 0.2) is 5.90 Å². The topological polar surface area (TPSA) is 34.5 Å². The Kier molecular flexibility index (Phi) is 13.0. The maximum absolute atomic E-state index is 5.35. The van der Waals surface area contributed by atoms with E-state index in [4.69, 9.17) is 4.74 Å². The lowest BCUT2D eigenvalue weighted by atomic mass is 10.5.